The third-order valence-electron chi connectivity index (χ3n) is 3.97. The van der Waals surface area contributed by atoms with Gasteiger partial charge in [-0.3, -0.25) is 0 Å². The molecule has 0 aromatic rings. The van der Waals surface area contributed by atoms with Crippen LogP contribution in [0.5, 0.6) is 0 Å². The zero-order chi connectivity index (χ0) is 13.0. The summed E-state index contributed by atoms with van der Waals surface area (Å²) in [7, 11) is -3.24. The lowest BCUT2D eigenvalue weighted by molar-refractivity contribution is 0.0303. The third-order valence-corrected chi connectivity index (χ3v) is 5.44. The molecule has 1 heterocycles. The summed E-state index contributed by atoms with van der Waals surface area (Å²) in [5.41, 5.74) is 5.67. The Kier molecular flexibility index (Phi) is 5.00. The van der Waals surface area contributed by atoms with Crippen molar-refractivity contribution in [3.8, 4) is 0 Å². The number of hydrogen-bond acceptors (Lipinski definition) is 4. The van der Waals surface area contributed by atoms with Crippen molar-refractivity contribution in [1.29, 1.82) is 0 Å². The van der Waals surface area contributed by atoms with E-state index in [1.165, 1.54) is 0 Å². The predicted octanol–water partition coefficient (Wildman–Crippen LogP) is 0.602. The van der Waals surface area contributed by atoms with E-state index >= 15 is 0 Å². The molecule has 3 N–H and O–H groups in total. The zero-order valence-electron chi connectivity index (χ0n) is 10.8. The average Bonchev–Trinajstić information content (AvgIpc) is 2.76. The van der Waals surface area contributed by atoms with Gasteiger partial charge >= 0.3 is 0 Å². The summed E-state index contributed by atoms with van der Waals surface area (Å²) in [6, 6.07) is 0.0311. The van der Waals surface area contributed by atoms with E-state index in [0.717, 1.165) is 38.5 Å². The molecule has 1 saturated carbocycles. The van der Waals surface area contributed by atoms with Crippen molar-refractivity contribution in [3.05, 3.63) is 0 Å². The maximum atomic E-state index is 12.1. The van der Waals surface area contributed by atoms with Crippen LogP contribution in [0, 0.1) is 5.92 Å². The number of hydrogen-bond donors (Lipinski definition) is 2. The van der Waals surface area contributed by atoms with Crippen molar-refractivity contribution in [2.24, 2.45) is 11.7 Å². The van der Waals surface area contributed by atoms with E-state index in [2.05, 4.69) is 4.72 Å². The molecule has 106 valence electrons. The summed E-state index contributed by atoms with van der Waals surface area (Å²) >= 11 is 0. The highest BCUT2D eigenvalue weighted by Crippen LogP contribution is 2.25. The number of sulfonamides is 1. The minimum absolute atomic E-state index is 0.0311. The Labute approximate surface area is 110 Å². The van der Waals surface area contributed by atoms with Crippen molar-refractivity contribution >= 4 is 10.0 Å². The molecular weight excluding hydrogens is 252 g/mol. The van der Waals surface area contributed by atoms with Gasteiger partial charge < -0.3 is 10.5 Å². The Morgan fingerprint density at radius 1 is 1.17 bits per heavy atom. The highest BCUT2D eigenvalue weighted by molar-refractivity contribution is 7.89. The Bertz CT molecular complexity index is 352. The van der Waals surface area contributed by atoms with Crippen molar-refractivity contribution < 1.29 is 13.2 Å². The van der Waals surface area contributed by atoms with Crippen molar-refractivity contribution in [2.45, 2.75) is 50.7 Å². The topological polar surface area (TPSA) is 81.4 Å². The highest BCUT2D eigenvalue weighted by atomic mass is 32.2. The summed E-state index contributed by atoms with van der Waals surface area (Å²) in [6.07, 6.45) is 5.84. The third kappa shape index (κ3) is 3.91. The van der Waals surface area contributed by atoms with Crippen molar-refractivity contribution in [3.63, 3.8) is 0 Å². The first-order valence-corrected chi connectivity index (χ1v) is 8.57. The maximum Gasteiger partial charge on any atom is 0.214 e. The second kappa shape index (κ2) is 6.32. The predicted molar refractivity (Wildman–Crippen MR) is 70.7 cm³/mol. The van der Waals surface area contributed by atoms with Crippen LogP contribution < -0.4 is 10.5 Å². The largest absolute Gasteiger partial charge is 0.377 e. The standard InChI is InChI=1S/C12H24N2O3S/c13-8-10-4-3-6-12(10)14-18(15,16)9-11-5-1-2-7-17-11/h10-12,14H,1-9,13H2. The van der Waals surface area contributed by atoms with E-state index in [0.29, 0.717) is 19.1 Å². The van der Waals surface area contributed by atoms with Crippen LogP contribution in [0.2, 0.25) is 0 Å². The van der Waals surface area contributed by atoms with Crippen LogP contribution in [0.15, 0.2) is 0 Å². The molecule has 1 aliphatic carbocycles. The fourth-order valence-corrected chi connectivity index (χ4v) is 4.56. The van der Waals surface area contributed by atoms with E-state index in [-0.39, 0.29) is 17.9 Å². The van der Waals surface area contributed by atoms with Gasteiger partial charge in [0.2, 0.25) is 10.0 Å². The lowest BCUT2D eigenvalue weighted by atomic mass is 10.1. The van der Waals surface area contributed by atoms with Gasteiger partial charge in [-0.1, -0.05) is 6.42 Å². The number of ether oxygens (including phenoxy) is 1. The summed E-state index contributed by atoms with van der Waals surface area (Å²) < 4.78 is 32.5. The molecule has 18 heavy (non-hydrogen) atoms. The summed E-state index contributed by atoms with van der Waals surface area (Å²) in [5, 5.41) is 0. The van der Waals surface area contributed by atoms with Gasteiger partial charge in [0.25, 0.3) is 0 Å². The van der Waals surface area contributed by atoms with Crippen molar-refractivity contribution in [2.75, 3.05) is 18.9 Å². The van der Waals surface area contributed by atoms with Gasteiger partial charge in [0.15, 0.2) is 0 Å². The SMILES string of the molecule is NCC1CCCC1NS(=O)(=O)CC1CCCCO1. The first-order chi connectivity index (χ1) is 8.61. The lowest BCUT2D eigenvalue weighted by Gasteiger charge is -2.24. The summed E-state index contributed by atoms with van der Waals surface area (Å²) in [5.74, 6) is 0.396. The van der Waals surface area contributed by atoms with Gasteiger partial charge in [-0.05, 0) is 44.6 Å². The summed E-state index contributed by atoms with van der Waals surface area (Å²) in [6.45, 7) is 1.25. The number of rotatable bonds is 5. The molecule has 3 atom stereocenters. The molecule has 2 aliphatic rings. The minimum atomic E-state index is -3.24. The zero-order valence-corrected chi connectivity index (χ0v) is 11.6. The van der Waals surface area contributed by atoms with Gasteiger partial charge in [0, 0.05) is 12.6 Å². The molecule has 6 heteroatoms. The quantitative estimate of drug-likeness (QED) is 0.770. The molecule has 1 aliphatic heterocycles. The maximum absolute atomic E-state index is 12.1. The molecule has 5 nitrogen and oxygen atoms in total. The second-order valence-corrected chi connectivity index (χ2v) is 7.22. The number of nitrogens with two attached hydrogens (primary N) is 1. The molecular formula is C12H24N2O3S. The Hall–Kier alpha value is -0.170. The van der Waals surface area contributed by atoms with Crippen LogP contribution in [0.4, 0.5) is 0 Å². The summed E-state index contributed by atoms with van der Waals surface area (Å²) in [4.78, 5) is 0. The smallest absolute Gasteiger partial charge is 0.214 e. The van der Waals surface area contributed by atoms with E-state index in [4.69, 9.17) is 10.5 Å². The van der Waals surface area contributed by atoms with Gasteiger partial charge in [0.05, 0.1) is 11.9 Å². The first-order valence-electron chi connectivity index (χ1n) is 6.92. The van der Waals surface area contributed by atoms with Crippen molar-refractivity contribution in [1.82, 2.24) is 4.72 Å². The fourth-order valence-electron chi connectivity index (χ4n) is 2.94. The first kappa shape index (κ1) is 14.2. The van der Waals surface area contributed by atoms with Gasteiger partial charge in [-0.15, -0.1) is 0 Å². The van der Waals surface area contributed by atoms with E-state index in [9.17, 15) is 8.42 Å². The minimum Gasteiger partial charge on any atom is -0.377 e. The molecule has 1 saturated heterocycles. The van der Waals surface area contributed by atoms with E-state index in [1.807, 2.05) is 0 Å². The Balaban J connectivity index is 1.86. The molecule has 0 bridgehead atoms. The van der Waals surface area contributed by atoms with Crippen LogP contribution >= 0.6 is 0 Å². The molecule has 0 aromatic carbocycles. The lowest BCUT2D eigenvalue weighted by Crippen LogP contribution is -2.43. The Morgan fingerprint density at radius 3 is 2.67 bits per heavy atom. The van der Waals surface area contributed by atoms with Gasteiger partial charge in [0.1, 0.15) is 0 Å². The molecule has 0 amide bonds. The molecule has 0 radical (unpaired) electrons. The highest BCUT2D eigenvalue weighted by Gasteiger charge is 2.31. The van der Waals surface area contributed by atoms with Gasteiger partial charge in [-0.25, -0.2) is 13.1 Å². The van der Waals surface area contributed by atoms with E-state index in [1.54, 1.807) is 0 Å². The van der Waals surface area contributed by atoms with Crippen LogP contribution in [-0.2, 0) is 14.8 Å². The fraction of sp³-hybridized carbons (Fsp3) is 1.00. The van der Waals surface area contributed by atoms with Crippen LogP contribution in [-0.4, -0.2) is 39.5 Å². The normalized spacial score (nSPS) is 33.7. The molecule has 2 rings (SSSR count). The monoisotopic (exact) mass is 276 g/mol. The second-order valence-electron chi connectivity index (χ2n) is 5.42. The molecule has 2 fully saturated rings. The molecule has 0 aromatic heterocycles. The van der Waals surface area contributed by atoms with Crippen LogP contribution in [0.1, 0.15) is 38.5 Å². The van der Waals surface area contributed by atoms with E-state index < -0.39 is 10.0 Å². The molecule has 0 spiro atoms. The average molecular weight is 276 g/mol. The Morgan fingerprint density at radius 2 is 2.00 bits per heavy atom. The number of nitrogens with one attached hydrogen (secondary N) is 1. The van der Waals surface area contributed by atoms with Gasteiger partial charge in [-0.2, -0.15) is 0 Å². The van der Waals surface area contributed by atoms with Crippen LogP contribution in [0.25, 0.3) is 0 Å². The van der Waals surface area contributed by atoms with Crippen LogP contribution in [0.3, 0.4) is 0 Å². The molecule has 3 unspecified atom stereocenters.